The molecule has 0 amide bonds. The Balaban J connectivity index is 1.50. The van der Waals surface area contributed by atoms with E-state index < -0.39 is 15.6 Å². The van der Waals surface area contributed by atoms with Crippen LogP contribution in [0.5, 0.6) is 0 Å². The quantitative estimate of drug-likeness (QED) is 0.232. The number of hydrazone groups is 1. The molecule has 0 atom stereocenters. The number of sulfonamides is 1. The van der Waals surface area contributed by atoms with Gasteiger partial charge in [0, 0.05) is 11.3 Å². The zero-order chi connectivity index (χ0) is 27.3. The molecule has 0 fully saturated rings. The first-order valence-electron chi connectivity index (χ1n) is 11.7. The van der Waals surface area contributed by atoms with Crippen molar-refractivity contribution >= 4 is 27.9 Å². The average molecular weight is 527 g/mol. The number of rotatable bonds is 7. The molecule has 0 aliphatic rings. The number of nitrogens with zero attached hydrogens (tertiary/aromatic N) is 3. The number of nitriles is 1. The van der Waals surface area contributed by atoms with Gasteiger partial charge in [-0.2, -0.15) is 10.4 Å². The van der Waals surface area contributed by atoms with E-state index in [0.717, 1.165) is 5.56 Å². The van der Waals surface area contributed by atoms with Crippen LogP contribution in [0.4, 0.5) is 11.6 Å². The molecule has 0 radical (unpaired) electrons. The fraction of sp³-hybridized carbons (Fsp3) is 0.143. The Kier molecular flexibility index (Phi) is 7.41. The van der Waals surface area contributed by atoms with E-state index in [9.17, 15) is 18.5 Å². The van der Waals surface area contributed by atoms with Crippen molar-refractivity contribution in [2.75, 3.05) is 10.1 Å². The topological polar surface area (TPSA) is 140 Å². The Morgan fingerprint density at radius 3 is 2.37 bits per heavy atom. The average Bonchev–Trinajstić information content (AvgIpc) is 2.88. The molecule has 9 nitrogen and oxygen atoms in total. The lowest BCUT2D eigenvalue weighted by atomic mass is 9.87. The molecule has 38 heavy (non-hydrogen) atoms. The number of anilines is 2. The minimum Gasteiger partial charge on any atom is -0.290 e. The molecular formula is C28H26N6O3S. The number of aromatic nitrogens is 2. The van der Waals surface area contributed by atoms with Gasteiger partial charge in [0.1, 0.15) is 11.6 Å². The van der Waals surface area contributed by atoms with Crippen LogP contribution in [0.25, 0.3) is 11.3 Å². The van der Waals surface area contributed by atoms with Gasteiger partial charge < -0.3 is 0 Å². The Morgan fingerprint density at radius 1 is 1.00 bits per heavy atom. The maximum Gasteiger partial charge on any atom is 0.270 e. The summed E-state index contributed by atoms with van der Waals surface area (Å²) in [6, 6.07) is 24.3. The molecule has 0 saturated heterocycles. The van der Waals surface area contributed by atoms with E-state index >= 15 is 0 Å². The lowest BCUT2D eigenvalue weighted by molar-refractivity contribution is 0.587. The molecular weight excluding hydrogens is 500 g/mol. The first-order chi connectivity index (χ1) is 18.1. The molecule has 0 spiro atoms. The van der Waals surface area contributed by atoms with Crippen molar-refractivity contribution in [1.82, 2.24) is 9.97 Å². The Bertz CT molecular complexity index is 1680. The van der Waals surface area contributed by atoms with Crippen LogP contribution in [0.1, 0.15) is 37.5 Å². The predicted octanol–water partition coefficient (Wildman–Crippen LogP) is 4.85. The van der Waals surface area contributed by atoms with Crippen LogP contribution in [0.3, 0.4) is 0 Å². The number of nitrogens with one attached hydrogen (secondary N) is 3. The van der Waals surface area contributed by atoms with Gasteiger partial charge in [-0.15, -0.1) is 0 Å². The summed E-state index contributed by atoms with van der Waals surface area (Å²) in [5, 5.41) is 13.5. The van der Waals surface area contributed by atoms with Gasteiger partial charge in [-0.05, 0) is 40.8 Å². The Morgan fingerprint density at radius 2 is 1.71 bits per heavy atom. The van der Waals surface area contributed by atoms with E-state index in [1.165, 1.54) is 6.21 Å². The highest BCUT2D eigenvalue weighted by Crippen LogP contribution is 2.24. The maximum atomic E-state index is 12.9. The van der Waals surface area contributed by atoms with Crippen LogP contribution < -0.4 is 15.7 Å². The second-order valence-electron chi connectivity index (χ2n) is 9.49. The first kappa shape index (κ1) is 26.3. The van der Waals surface area contributed by atoms with Gasteiger partial charge in [0.05, 0.1) is 16.8 Å². The molecule has 0 saturated carbocycles. The number of H-pyrrole nitrogens is 1. The van der Waals surface area contributed by atoms with Gasteiger partial charge in [-0.25, -0.2) is 18.8 Å². The van der Waals surface area contributed by atoms with E-state index in [1.54, 1.807) is 60.7 Å². The van der Waals surface area contributed by atoms with Crippen LogP contribution in [-0.2, 0) is 15.4 Å². The third kappa shape index (κ3) is 6.14. The molecule has 1 heterocycles. The predicted molar refractivity (Wildman–Crippen MR) is 149 cm³/mol. The monoisotopic (exact) mass is 526 g/mol. The third-order valence-electron chi connectivity index (χ3n) is 5.63. The minimum atomic E-state index is -3.78. The number of hydrogen-bond donors (Lipinski definition) is 3. The lowest BCUT2D eigenvalue weighted by Gasteiger charge is -2.19. The number of benzene rings is 3. The second kappa shape index (κ2) is 10.7. The van der Waals surface area contributed by atoms with Gasteiger partial charge in [-0.3, -0.25) is 14.5 Å². The highest BCUT2D eigenvalue weighted by molar-refractivity contribution is 7.92. The van der Waals surface area contributed by atoms with Gasteiger partial charge >= 0.3 is 0 Å². The SMILES string of the molecule is CC(C)(C)c1ccc(S(=O)(=O)Nc2cccc(C=NNc3nc(-c4ccccc4)c(C#N)c(=O)[nH]3)c2)cc1. The van der Waals surface area contributed by atoms with Crippen LogP contribution in [-0.4, -0.2) is 24.6 Å². The van der Waals surface area contributed by atoms with Crippen LogP contribution >= 0.6 is 0 Å². The highest BCUT2D eigenvalue weighted by Gasteiger charge is 2.18. The maximum absolute atomic E-state index is 12.9. The van der Waals surface area contributed by atoms with Gasteiger partial charge in [0.2, 0.25) is 5.95 Å². The van der Waals surface area contributed by atoms with Gasteiger partial charge in [0.25, 0.3) is 15.6 Å². The van der Waals surface area contributed by atoms with Gasteiger partial charge in [-0.1, -0.05) is 75.4 Å². The zero-order valence-electron chi connectivity index (χ0n) is 21.1. The summed E-state index contributed by atoms with van der Waals surface area (Å²) < 4.78 is 28.4. The summed E-state index contributed by atoms with van der Waals surface area (Å²) in [5.74, 6) is 0.0552. The summed E-state index contributed by atoms with van der Waals surface area (Å²) >= 11 is 0. The summed E-state index contributed by atoms with van der Waals surface area (Å²) in [4.78, 5) is 19.4. The van der Waals surface area contributed by atoms with Crippen molar-refractivity contribution in [3.8, 4) is 17.3 Å². The van der Waals surface area contributed by atoms with Crippen molar-refractivity contribution < 1.29 is 8.42 Å². The van der Waals surface area contributed by atoms with E-state index in [-0.39, 0.29) is 27.5 Å². The van der Waals surface area contributed by atoms with Crippen LogP contribution in [0.15, 0.2) is 93.7 Å². The molecule has 1 aromatic heterocycles. The molecule has 3 aromatic carbocycles. The highest BCUT2D eigenvalue weighted by atomic mass is 32.2. The summed E-state index contributed by atoms with van der Waals surface area (Å²) in [7, 11) is -3.78. The smallest absolute Gasteiger partial charge is 0.270 e. The fourth-order valence-electron chi connectivity index (χ4n) is 3.63. The molecule has 4 rings (SSSR count). The Labute approximate surface area is 221 Å². The first-order valence-corrected chi connectivity index (χ1v) is 13.2. The largest absolute Gasteiger partial charge is 0.290 e. The van der Waals surface area contributed by atoms with E-state index in [0.29, 0.717) is 16.8 Å². The lowest BCUT2D eigenvalue weighted by Crippen LogP contribution is -2.16. The summed E-state index contributed by atoms with van der Waals surface area (Å²) in [6.45, 7) is 6.19. The fourth-order valence-corrected chi connectivity index (χ4v) is 4.68. The molecule has 0 bridgehead atoms. The van der Waals surface area contributed by atoms with Crippen molar-refractivity contribution in [3.63, 3.8) is 0 Å². The molecule has 192 valence electrons. The van der Waals surface area contributed by atoms with Gasteiger partial charge in [0.15, 0.2) is 0 Å². The zero-order valence-corrected chi connectivity index (χ0v) is 21.9. The van der Waals surface area contributed by atoms with E-state index in [1.807, 2.05) is 24.3 Å². The van der Waals surface area contributed by atoms with Crippen LogP contribution in [0.2, 0.25) is 0 Å². The second-order valence-corrected chi connectivity index (χ2v) is 11.2. The van der Waals surface area contributed by atoms with Crippen molar-refractivity contribution in [1.29, 1.82) is 5.26 Å². The molecule has 0 aliphatic carbocycles. The van der Waals surface area contributed by atoms with Crippen molar-refractivity contribution in [2.24, 2.45) is 5.10 Å². The molecule has 0 unspecified atom stereocenters. The molecule has 10 heteroatoms. The summed E-state index contributed by atoms with van der Waals surface area (Å²) in [6.07, 6.45) is 1.45. The van der Waals surface area contributed by atoms with Crippen LogP contribution in [0, 0.1) is 11.3 Å². The standard InChI is InChI=1S/C28H26N6O3S/c1-28(2,3)21-12-14-23(15-13-21)38(36,37)34-22-11-7-8-19(16-22)18-30-33-27-31-25(20-9-5-4-6-10-20)24(17-29)26(35)32-27/h4-16,18,34H,1-3H3,(H2,31,32,33,35). The minimum absolute atomic E-state index is 0.0552. The van der Waals surface area contributed by atoms with Crippen molar-refractivity contribution in [2.45, 2.75) is 31.1 Å². The van der Waals surface area contributed by atoms with Crippen molar-refractivity contribution in [3.05, 3.63) is 106 Å². The third-order valence-corrected chi connectivity index (χ3v) is 7.03. The normalized spacial score (nSPS) is 11.7. The summed E-state index contributed by atoms with van der Waals surface area (Å²) in [5.41, 5.74) is 4.75. The number of aromatic amines is 1. The molecule has 3 N–H and O–H groups in total. The number of hydrogen-bond acceptors (Lipinski definition) is 7. The molecule has 0 aliphatic heterocycles. The Hall–Kier alpha value is -4.75. The molecule has 4 aromatic rings. The van der Waals surface area contributed by atoms with E-state index in [4.69, 9.17) is 0 Å². The van der Waals surface area contributed by atoms with E-state index in [2.05, 4.69) is 46.0 Å².